The molecule has 0 bridgehead atoms. The van der Waals surface area contributed by atoms with Gasteiger partial charge in [-0.25, -0.2) is 0 Å². The summed E-state index contributed by atoms with van der Waals surface area (Å²) in [5, 5.41) is 24.8. The van der Waals surface area contributed by atoms with Crippen LogP contribution in [0.3, 0.4) is 0 Å². The number of benzene rings is 3. The van der Waals surface area contributed by atoms with Gasteiger partial charge in [0.2, 0.25) is 11.2 Å². The lowest BCUT2D eigenvalue weighted by Gasteiger charge is -2.33. The van der Waals surface area contributed by atoms with Gasteiger partial charge in [-0.15, -0.1) is 0 Å². The predicted octanol–water partition coefficient (Wildman–Crippen LogP) is 2.09. The van der Waals surface area contributed by atoms with Gasteiger partial charge in [-0.1, -0.05) is 36.4 Å². The molecule has 222 valence electrons. The third-order valence-electron chi connectivity index (χ3n) is 7.63. The van der Waals surface area contributed by atoms with E-state index in [1.165, 1.54) is 52.3 Å². The number of amides is 2. The van der Waals surface area contributed by atoms with Gasteiger partial charge in [-0.05, 0) is 12.1 Å². The summed E-state index contributed by atoms with van der Waals surface area (Å²) in [5.74, 6) is -2.21. The van der Waals surface area contributed by atoms with Gasteiger partial charge in [0, 0.05) is 39.4 Å². The lowest BCUT2D eigenvalue weighted by atomic mass is 9.80. The third kappa shape index (κ3) is 3.83. The number of hydrogen-bond donors (Lipinski definition) is 2. The van der Waals surface area contributed by atoms with E-state index < -0.39 is 23.0 Å². The summed E-state index contributed by atoms with van der Waals surface area (Å²) in [7, 11) is 8.43. The van der Waals surface area contributed by atoms with Crippen molar-refractivity contribution >= 4 is 23.2 Å². The van der Waals surface area contributed by atoms with E-state index in [4.69, 9.17) is 28.4 Å². The number of likely N-dealkylation sites (N-methyl/N-ethyl adjacent to an activating group) is 2. The van der Waals surface area contributed by atoms with Crippen LogP contribution in [0.25, 0.3) is 0 Å². The molecule has 2 N–H and O–H groups in total. The zero-order valence-electron chi connectivity index (χ0n) is 24.1. The molecule has 2 aliphatic rings. The molecule has 0 aliphatic carbocycles. The van der Waals surface area contributed by atoms with E-state index in [9.17, 15) is 19.8 Å². The maximum absolute atomic E-state index is 13.9. The maximum atomic E-state index is 13.9. The number of nitrogens with zero attached hydrogens (tertiary/aromatic N) is 2. The molecule has 0 radical (unpaired) electrons. The van der Waals surface area contributed by atoms with Crippen LogP contribution in [0, 0.1) is 0 Å². The molecule has 3 aromatic rings. The van der Waals surface area contributed by atoms with Crippen molar-refractivity contribution in [3.05, 3.63) is 70.8 Å². The Hall–Kier alpha value is -4.36. The van der Waals surface area contributed by atoms with E-state index in [0.29, 0.717) is 11.4 Å². The van der Waals surface area contributed by atoms with Gasteiger partial charge < -0.3 is 48.4 Å². The first-order chi connectivity index (χ1) is 20.1. The lowest BCUT2D eigenvalue weighted by molar-refractivity contribution is -0.133. The highest BCUT2D eigenvalue weighted by Gasteiger charge is 2.59. The highest BCUT2D eigenvalue weighted by atomic mass is 16.7. The largest absolute Gasteiger partial charge is 0.492 e. The standard InChI is InChI=1S/C30H32N2O10/c1-31-19-13-9-7-11-17(19)29(35,27(31)33)21-23(39-5)26(42-16-38-4)22(24(40-6)25(21)41-15-37-3)30(36)18-12-8-10-14-20(18)32(2)28(30)34/h7-14,35-36H,15-16H2,1-6H3/t29-,30-/m1/s1. The summed E-state index contributed by atoms with van der Waals surface area (Å²) < 4.78 is 34.0. The molecule has 12 heteroatoms. The van der Waals surface area contributed by atoms with Crippen molar-refractivity contribution in [3.63, 3.8) is 0 Å². The number of anilines is 2. The summed E-state index contributed by atoms with van der Waals surface area (Å²) in [4.78, 5) is 30.4. The monoisotopic (exact) mass is 580 g/mol. The normalized spacial score (nSPS) is 21.0. The Labute approximate surface area is 242 Å². The number of carbonyl (C=O) groups excluding carboxylic acids is 2. The van der Waals surface area contributed by atoms with Crippen LogP contribution in [0.5, 0.6) is 23.0 Å². The van der Waals surface area contributed by atoms with Gasteiger partial charge in [0.15, 0.2) is 36.6 Å². The van der Waals surface area contributed by atoms with E-state index in [1.54, 1.807) is 48.5 Å². The molecule has 2 aliphatic heterocycles. The van der Waals surface area contributed by atoms with Crippen molar-refractivity contribution in [2.75, 3.05) is 65.9 Å². The number of ether oxygens (including phenoxy) is 6. The van der Waals surface area contributed by atoms with Crippen LogP contribution in [-0.2, 0) is 30.3 Å². The molecule has 0 saturated carbocycles. The average molecular weight is 581 g/mol. The molecule has 2 atom stereocenters. The molecular weight excluding hydrogens is 548 g/mol. The Morgan fingerprint density at radius 3 is 1.31 bits per heavy atom. The Kier molecular flexibility index (Phi) is 7.50. The first kappa shape index (κ1) is 29.1. The Morgan fingerprint density at radius 1 is 0.619 bits per heavy atom. The van der Waals surface area contributed by atoms with Gasteiger partial charge in [0.05, 0.1) is 36.7 Å². The summed E-state index contributed by atoms with van der Waals surface area (Å²) in [5.41, 5.74) is -3.70. The van der Waals surface area contributed by atoms with E-state index in [0.717, 1.165) is 0 Å². The molecule has 2 amide bonds. The van der Waals surface area contributed by atoms with Crippen LogP contribution in [-0.4, -0.2) is 78.1 Å². The highest BCUT2D eigenvalue weighted by molar-refractivity contribution is 6.12. The number of rotatable bonds is 10. The maximum Gasteiger partial charge on any atom is 0.268 e. The van der Waals surface area contributed by atoms with E-state index in [-0.39, 0.29) is 58.8 Å². The summed E-state index contributed by atoms with van der Waals surface area (Å²) >= 11 is 0. The van der Waals surface area contributed by atoms with Gasteiger partial charge in [-0.2, -0.15) is 0 Å². The zero-order valence-corrected chi connectivity index (χ0v) is 24.1. The van der Waals surface area contributed by atoms with Gasteiger partial charge in [0.1, 0.15) is 0 Å². The average Bonchev–Trinajstić information content (AvgIpc) is 3.34. The van der Waals surface area contributed by atoms with Crippen LogP contribution in [0.1, 0.15) is 22.3 Å². The lowest BCUT2D eigenvalue weighted by Crippen LogP contribution is -2.42. The molecule has 42 heavy (non-hydrogen) atoms. The first-order valence-electron chi connectivity index (χ1n) is 12.9. The quantitative estimate of drug-likeness (QED) is 0.343. The summed E-state index contributed by atoms with van der Waals surface area (Å²) in [6, 6.07) is 13.4. The SMILES string of the molecule is COCOc1c(OC)c([C@@]2(O)C(=O)N(C)c3ccccc32)c(OCOC)c(OC)c1[C@@]1(O)C(=O)N(C)c2ccccc21. The molecule has 0 spiro atoms. The van der Waals surface area contributed by atoms with Crippen molar-refractivity contribution in [2.45, 2.75) is 11.2 Å². The fourth-order valence-corrected chi connectivity index (χ4v) is 5.78. The molecule has 12 nitrogen and oxygen atoms in total. The van der Waals surface area contributed by atoms with Gasteiger partial charge in [0.25, 0.3) is 11.8 Å². The highest BCUT2D eigenvalue weighted by Crippen LogP contribution is 2.61. The second-order valence-electron chi connectivity index (χ2n) is 9.76. The number of para-hydroxylation sites is 2. The van der Waals surface area contributed by atoms with Crippen molar-refractivity contribution in [3.8, 4) is 23.0 Å². The van der Waals surface area contributed by atoms with Gasteiger partial charge >= 0.3 is 0 Å². The summed E-state index contributed by atoms with van der Waals surface area (Å²) in [6.07, 6.45) is 0. The Morgan fingerprint density at radius 2 is 0.976 bits per heavy atom. The van der Waals surface area contributed by atoms with E-state index >= 15 is 0 Å². The van der Waals surface area contributed by atoms with E-state index in [1.807, 2.05) is 0 Å². The molecule has 2 heterocycles. The van der Waals surface area contributed by atoms with Crippen LogP contribution < -0.4 is 28.7 Å². The molecule has 3 aromatic carbocycles. The van der Waals surface area contributed by atoms with Crippen molar-refractivity contribution < 1.29 is 48.2 Å². The van der Waals surface area contributed by atoms with Crippen molar-refractivity contribution in [1.29, 1.82) is 0 Å². The molecule has 5 rings (SSSR count). The molecule has 0 saturated heterocycles. The Bertz CT molecular complexity index is 1440. The molecule has 0 aromatic heterocycles. The number of fused-ring (bicyclic) bond motifs is 2. The molecule has 0 unspecified atom stereocenters. The minimum atomic E-state index is -2.37. The summed E-state index contributed by atoms with van der Waals surface area (Å²) in [6.45, 7) is -0.705. The molecular formula is C30H32N2O10. The van der Waals surface area contributed by atoms with Crippen LogP contribution in [0.2, 0.25) is 0 Å². The van der Waals surface area contributed by atoms with Crippen molar-refractivity contribution in [2.24, 2.45) is 0 Å². The predicted molar refractivity (Wildman–Crippen MR) is 150 cm³/mol. The van der Waals surface area contributed by atoms with Crippen LogP contribution in [0.15, 0.2) is 48.5 Å². The topological polar surface area (TPSA) is 136 Å². The second-order valence-corrected chi connectivity index (χ2v) is 9.76. The van der Waals surface area contributed by atoms with Crippen LogP contribution >= 0.6 is 0 Å². The smallest absolute Gasteiger partial charge is 0.268 e. The fourth-order valence-electron chi connectivity index (χ4n) is 5.78. The zero-order chi connectivity index (χ0) is 30.4. The number of aliphatic hydroxyl groups is 2. The van der Waals surface area contributed by atoms with Crippen molar-refractivity contribution in [1.82, 2.24) is 0 Å². The van der Waals surface area contributed by atoms with E-state index in [2.05, 4.69) is 0 Å². The second kappa shape index (κ2) is 10.8. The Balaban J connectivity index is 1.96. The molecule has 0 fully saturated rings. The third-order valence-corrected chi connectivity index (χ3v) is 7.63. The number of carbonyl (C=O) groups is 2. The van der Waals surface area contributed by atoms with Gasteiger partial charge in [-0.3, -0.25) is 9.59 Å². The van der Waals surface area contributed by atoms with Crippen LogP contribution in [0.4, 0.5) is 11.4 Å². The fraction of sp³-hybridized carbons (Fsp3) is 0.333. The number of methoxy groups -OCH3 is 4. The minimum absolute atomic E-state index is 0.175. The minimum Gasteiger partial charge on any atom is -0.492 e. The first-order valence-corrected chi connectivity index (χ1v) is 12.9. The number of hydrogen-bond acceptors (Lipinski definition) is 10.